The van der Waals surface area contributed by atoms with E-state index in [1.807, 2.05) is 0 Å². The van der Waals surface area contributed by atoms with Crippen molar-refractivity contribution < 1.29 is 34.0 Å². The molecule has 1 aromatic rings. The number of ether oxygens (including phenoxy) is 4. The Balaban J connectivity index is 1.53. The SMILES string of the molecule is CO[C@H]1C[C@@H]2[C@@H]3[C@@H](OC[C@]3(O)C[C@H]2OC(=O)c2ccc(O)cc2)O1. The van der Waals surface area contributed by atoms with Gasteiger partial charge in [-0.05, 0) is 24.3 Å². The van der Waals surface area contributed by atoms with Gasteiger partial charge in [-0.15, -0.1) is 0 Å². The molecule has 3 aliphatic rings. The van der Waals surface area contributed by atoms with E-state index >= 15 is 0 Å². The van der Waals surface area contributed by atoms with Crippen molar-refractivity contribution in [3.8, 4) is 5.75 Å². The summed E-state index contributed by atoms with van der Waals surface area (Å²) in [6, 6.07) is 5.89. The van der Waals surface area contributed by atoms with Gasteiger partial charge in [0.05, 0.1) is 17.8 Å². The molecule has 24 heavy (non-hydrogen) atoms. The van der Waals surface area contributed by atoms with Gasteiger partial charge in [-0.25, -0.2) is 4.79 Å². The number of phenolic OH excluding ortho intramolecular Hbond substituents is 1. The summed E-state index contributed by atoms with van der Waals surface area (Å²) in [5.41, 5.74) is -0.673. The van der Waals surface area contributed by atoms with Crippen molar-refractivity contribution in [3.63, 3.8) is 0 Å². The second-order valence-corrected chi connectivity index (χ2v) is 6.70. The Morgan fingerprint density at radius 1 is 1.33 bits per heavy atom. The van der Waals surface area contributed by atoms with Gasteiger partial charge in [0.25, 0.3) is 0 Å². The van der Waals surface area contributed by atoms with Crippen LogP contribution in [0.2, 0.25) is 0 Å². The monoisotopic (exact) mass is 336 g/mol. The summed E-state index contributed by atoms with van der Waals surface area (Å²) >= 11 is 0. The highest BCUT2D eigenvalue weighted by Crippen LogP contribution is 2.53. The van der Waals surface area contributed by atoms with E-state index in [9.17, 15) is 15.0 Å². The van der Waals surface area contributed by atoms with Crippen LogP contribution in [0.4, 0.5) is 0 Å². The van der Waals surface area contributed by atoms with E-state index < -0.39 is 30.3 Å². The molecular weight excluding hydrogens is 316 g/mol. The molecule has 4 rings (SSSR count). The first kappa shape index (κ1) is 15.8. The van der Waals surface area contributed by atoms with Crippen molar-refractivity contribution in [1.82, 2.24) is 0 Å². The second kappa shape index (κ2) is 5.70. The zero-order valence-corrected chi connectivity index (χ0v) is 13.3. The van der Waals surface area contributed by atoms with Gasteiger partial charge in [-0.2, -0.15) is 0 Å². The van der Waals surface area contributed by atoms with Gasteiger partial charge in [0.15, 0.2) is 12.6 Å². The maximum atomic E-state index is 12.4. The lowest BCUT2D eigenvalue weighted by molar-refractivity contribution is -0.274. The second-order valence-electron chi connectivity index (χ2n) is 6.70. The van der Waals surface area contributed by atoms with Gasteiger partial charge >= 0.3 is 5.97 Å². The summed E-state index contributed by atoms with van der Waals surface area (Å²) in [5, 5.41) is 20.1. The number of phenols is 1. The quantitative estimate of drug-likeness (QED) is 0.796. The average molecular weight is 336 g/mol. The number of rotatable bonds is 3. The fourth-order valence-electron chi connectivity index (χ4n) is 4.14. The molecule has 7 heteroatoms. The Bertz CT molecular complexity index is 630. The first-order chi connectivity index (χ1) is 11.5. The molecule has 1 saturated carbocycles. The minimum absolute atomic E-state index is 0.0812. The normalized spacial score (nSPS) is 40.3. The molecule has 0 unspecified atom stereocenters. The summed E-state index contributed by atoms with van der Waals surface area (Å²) in [6.45, 7) is 0.169. The van der Waals surface area contributed by atoms with Gasteiger partial charge in [0, 0.05) is 31.8 Å². The van der Waals surface area contributed by atoms with Crippen LogP contribution in [0.15, 0.2) is 24.3 Å². The predicted octanol–water partition coefficient (Wildman–Crippen LogP) is 1.03. The number of aromatic hydroxyl groups is 1. The number of esters is 1. The van der Waals surface area contributed by atoms with Gasteiger partial charge in [0.1, 0.15) is 11.9 Å². The molecule has 1 aromatic carbocycles. The van der Waals surface area contributed by atoms with Crippen LogP contribution in [-0.2, 0) is 18.9 Å². The lowest BCUT2D eigenvalue weighted by Crippen LogP contribution is -2.45. The van der Waals surface area contributed by atoms with E-state index in [0.29, 0.717) is 18.4 Å². The molecule has 130 valence electrons. The first-order valence-corrected chi connectivity index (χ1v) is 8.02. The summed E-state index contributed by atoms with van der Waals surface area (Å²) in [5.74, 6) is -0.686. The third kappa shape index (κ3) is 2.48. The summed E-state index contributed by atoms with van der Waals surface area (Å²) < 4.78 is 22.2. The Labute approximate surface area is 139 Å². The highest BCUT2D eigenvalue weighted by atomic mass is 16.8. The van der Waals surface area contributed by atoms with Crippen LogP contribution < -0.4 is 0 Å². The highest BCUT2D eigenvalue weighted by molar-refractivity contribution is 5.89. The third-order valence-corrected chi connectivity index (χ3v) is 5.28. The standard InChI is InChI=1S/C17H20O7/c1-21-13-6-11-12(7-17(20)8-22-16(24-13)14(11)17)23-15(19)9-2-4-10(18)5-3-9/h2-5,11-14,16,18,20H,6-8H2,1H3/t11-,12+,13+,14+,16-,17+/m0/s1. The van der Waals surface area contributed by atoms with Crippen LogP contribution >= 0.6 is 0 Å². The smallest absolute Gasteiger partial charge is 0.338 e. The van der Waals surface area contributed by atoms with Crippen LogP contribution in [0.1, 0.15) is 23.2 Å². The van der Waals surface area contributed by atoms with E-state index in [1.54, 1.807) is 7.11 Å². The molecule has 0 radical (unpaired) electrons. The average Bonchev–Trinajstić information content (AvgIpc) is 3.05. The maximum Gasteiger partial charge on any atom is 0.338 e. The molecule has 7 nitrogen and oxygen atoms in total. The fraction of sp³-hybridized carbons (Fsp3) is 0.588. The predicted molar refractivity (Wildman–Crippen MR) is 80.1 cm³/mol. The Hall–Kier alpha value is -1.67. The van der Waals surface area contributed by atoms with Crippen molar-refractivity contribution in [2.24, 2.45) is 11.8 Å². The highest BCUT2D eigenvalue weighted by Gasteiger charge is 2.64. The third-order valence-electron chi connectivity index (χ3n) is 5.28. The van der Waals surface area contributed by atoms with E-state index in [4.69, 9.17) is 18.9 Å². The molecule has 3 fully saturated rings. The minimum Gasteiger partial charge on any atom is -0.508 e. The van der Waals surface area contributed by atoms with Gasteiger partial charge in [-0.1, -0.05) is 0 Å². The van der Waals surface area contributed by atoms with E-state index in [0.717, 1.165) is 0 Å². The van der Waals surface area contributed by atoms with E-state index in [-0.39, 0.29) is 24.2 Å². The van der Waals surface area contributed by atoms with E-state index in [1.165, 1.54) is 24.3 Å². The van der Waals surface area contributed by atoms with Crippen LogP contribution in [0, 0.1) is 11.8 Å². The molecule has 0 spiro atoms. The number of hydrogen-bond donors (Lipinski definition) is 2. The van der Waals surface area contributed by atoms with Crippen LogP contribution in [0.3, 0.4) is 0 Å². The van der Waals surface area contributed by atoms with Gasteiger partial charge in [-0.3, -0.25) is 0 Å². The number of aliphatic hydroxyl groups is 1. The summed E-state index contributed by atoms with van der Waals surface area (Å²) in [7, 11) is 1.55. The van der Waals surface area contributed by atoms with Crippen molar-refractivity contribution in [2.75, 3.05) is 13.7 Å². The topological polar surface area (TPSA) is 94.5 Å². The number of carbonyl (C=O) groups excluding carboxylic acids is 1. The lowest BCUT2D eigenvalue weighted by Gasteiger charge is -2.37. The van der Waals surface area contributed by atoms with Crippen LogP contribution in [0.25, 0.3) is 0 Å². The van der Waals surface area contributed by atoms with Crippen LogP contribution in [0.5, 0.6) is 5.75 Å². The zero-order valence-electron chi connectivity index (χ0n) is 13.3. The molecule has 6 atom stereocenters. The number of hydrogen-bond acceptors (Lipinski definition) is 7. The number of benzene rings is 1. The van der Waals surface area contributed by atoms with Gasteiger partial charge < -0.3 is 29.2 Å². The molecule has 2 N–H and O–H groups in total. The Morgan fingerprint density at radius 3 is 2.79 bits per heavy atom. The summed E-state index contributed by atoms with van der Waals surface area (Å²) in [4.78, 5) is 12.4. The lowest BCUT2D eigenvalue weighted by atomic mass is 9.84. The zero-order chi connectivity index (χ0) is 16.9. The van der Waals surface area contributed by atoms with Crippen molar-refractivity contribution in [3.05, 3.63) is 29.8 Å². The molecule has 2 heterocycles. The molecule has 2 aliphatic heterocycles. The maximum absolute atomic E-state index is 12.4. The molecular formula is C17H20O7. The number of methoxy groups -OCH3 is 1. The van der Waals surface area contributed by atoms with Gasteiger partial charge in [0.2, 0.25) is 0 Å². The number of carbonyl (C=O) groups is 1. The molecule has 0 aromatic heterocycles. The fourth-order valence-corrected chi connectivity index (χ4v) is 4.14. The van der Waals surface area contributed by atoms with E-state index in [2.05, 4.69) is 0 Å². The Morgan fingerprint density at radius 2 is 2.08 bits per heavy atom. The largest absolute Gasteiger partial charge is 0.508 e. The molecule has 2 saturated heterocycles. The molecule has 0 amide bonds. The van der Waals surface area contributed by atoms with Crippen molar-refractivity contribution >= 4 is 5.97 Å². The minimum atomic E-state index is -1.03. The molecule has 1 aliphatic carbocycles. The molecule has 0 bridgehead atoms. The van der Waals surface area contributed by atoms with Crippen molar-refractivity contribution in [2.45, 2.75) is 37.1 Å². The first-order valence-electron chi connectivity index (χ1n) is 8.02. The van der Waals surface area contributed by atoms with Crippen LogP contribution in [-0.4, -0.2) is 54.2 Å². The Kier molecular flexibility index (Phi) is 3.76. The van der Waals surface area contributed by atoms with Crippen molar-refractivity contribution in [1.29, 1.82) is 0 Å². The summed E-state index contributed by atoms with van der Waals surface area (Å²) in [6.07, 6.45) is -0.531.